The maximum absolute atomic E-state index is 11.4. The molecule has 0 heterocycles. The second kappa shape index (κ2) is 9.61. The number of nitrogens with one attached hydrogen (secondary N) is 2. The van der Waals surface area contributed by atoms with E-state index < -0.39 is 11.4 Å². The normalized spacial score (nSPS) is 11.1. The number of ether oxygens (including phenoxy) is 1. The molecule has 0 fully saturated rings. The van der Waals surface area contributed by atoms with E-state index in [0.717, 1.165) is 25.9 Å². The fraction of sp³-hybridized carbons (Fsp3) is 0.846. The molecular weight excluding hydrogens is 248 g/mol. The first kappa shape index (κ1) is 17.7. The Bertz CT molecular complexity index is 280. The lowest BCUT2D eigenvalue weighted by atomic mass is 9.90. The van der Waals surface area contributed by atoms with Crippen LogP contribution in [0.3, 0.4) is 0 Å². The van der Waals surface area contributed by atoms with E-state index in [9.17, 15) is 9.59 Å². The van der Waals surface area contributed by atoms with Crippen LogP contribution < -0.4 is 10.6 Å². The molecule has 0 bridgehead atoms. The van der Waals surface area contributed by atoms with Crippen LogP contribution in [0.1, 0.15) is 39.5 Å². The minimum Gasteiger partial charge on any atom is -0.481 e. The monoisotopic (exact) mass is 274 g/mol. The summed E-state index contributed by atoms with van der Waals surface area (Å²) in [5.41, 5.74) is -0.812. The van der Waals surface area contributed by atoms with Gasteiger partial charge in [-0.3, -0.25) is 4.79 Å². The highest BCUT2D eigenvalue weighted by molar-refractivity contribution is 5.75. The molecule has 0 rings (SSSR count). The van der Waals surface area contributed by atoms with E-state index in [1.807, 2.05) is 0 Å². The van der Waals surface area contributed by atoms with Crippen LogP contribution in [0.4, 0.5) is 4.79 Å². The number of carboxylic acids is 1. The maximum atomic E-state index is 11.4. The van der Waals surface area contributed by atoms with Crippen molar-refractivity contribution in [2.45, 2.75) is 39.5 Å². The lowest BCUT2D eigenvalue weighted by Gasteiger charge is -2.18. The van der Waals surface area contributed by atoms with Crippen molar-refractivity contribution < 1.29 is 19.4 Å². The summed E-state index contributed by atoms with van der Waals surface area (Å²) >= 11 is 0. The molecule has 0 spiro atoms. The summed E-state index contributed by atoms with van der Waals surface area (Å²) in [4.78, 5) is 22.2. The number of hydrogen-bond donors (Lipinski definition) is 3. The number of rotatable bonds is 10. The molecule has 19 heavy (non-hydrogen) atoms. The van der Waals surface area contributed by atoms with E-state index in [1.54, 1.807) is 21.0 Å². The second-order valence-corrected chi connectivity index (χ2v) is 5.18. The fourth-order valence-electron chi connectivity index (χ4n) is 1.41. The molecule has 0 aliphatic carbocycles. The van der Waals surface area contributed by atoms with Gasteiger partial charge in [-0.05, 0) is 39.5 Å². The molecule has 0 saturated heterocycles. The molecule has 0 aliphatic rings. The molecule has 0 aromatic carbocycles. The Morgan fingerprint density at radius 1 is 1.11 bits per heavy atom. The van der Waals surface area contributed by atoms with E-state index >= 15 is 0 Å². The van der Waals surface area contributed by atoms with Crippen molar-refractivity contribution in [3.63, 3.8) is 0 Å². The van der Waals surface area contributed by atoms with Crippen molar-refractivity contribution in [3.05, 3.63) is 0 Å². The number of hydrogen-bond acceptors (Lipinski definition) is 3. The van der Waals surface area contributed by atoms with E-state index in [1.165, 1.54) is 0 Å². The van der Waals surface area contributed by atoms with E-state index in [-0.39, 0.29) is 6.03 Å². The van der Waals surface area contributed by atoms with Crippen molar-refractivity contribution in [3.8, 4) is 0 Å². The van der Waals surface area contributed by atoms with Crippen molar-refractivity contribution in [2.24, 2.45) is 5.41 Å². The van der Waals surface area contributed by atoms with Crippen molar-refractivity contribution in [2.75, 3.05) is 26.8 Å². The number of aliphatic carboxylic acids is 1. The third-order valence-electron chi connectivity index (χ3n) is 2.93. The fourth-order valence-corrected chi connectivity index (χ4v) is 1.41. The summed E-state index contributed by atoms with van der Waals surface area (Å²) in [6.45, 7) is 5.01. The van der Waals surface area contributed by atoms with Gasteiger partial charge in [0.15, 0.2) is 0 Å². The molecule has 0 aromatic heterocycles. The van der Waals surface area contributed by atoms with Crippen LogP contribution in [0.5, 0.6) is 0 Å². The van der Waals surface area contributed by atoms with Gasteiger partial charge in [-0.25, -0.2) is 4.79 Å². The molecular formula is C13H26N2O4. The summed E-state index contributed by atoms with van der Waals surface area (Å²) in [6.07, 6.45) is 3.33. The van der Waals surface area contributed by atoms with E-state index in [2.05, 4.69) is 10.6 Å². The molecule has 0 aliphatic heterocycles. The van der Waals surface area contributed by atoms with Gasteiger partial charge in [-0.2, -0.15) is 0 Å². The van der Waals surface area contributed by atoms with Crippen molar-refractivity contribution >= 4 is 12.0 Å². The SMILES string of the molecule is COCCCCCNC(=O)NCCC(C)(C)C(=O)O. The molecule has 0 aromatic rings. The number of unbranched alkanes of at least 4 members (excludes halogenated alkanes) is 2. The van der Waals surface area contributed by atoms with Gasteiger partial charge < -0.3 is 20.5 Å². The molecule has 0 radical (unpaired) electrons. The van der Waals surface area contributed by atoms with Crippen molar-refractivity contribution in [1.29, 1.82) is 0 Å². The van der Waals surface area contributed by atoms with Crippen LogP contribution in [0.15, 0.2) is 0 Å². The van der Waals surface area contributed by atoms with Gasteiger partial charge in [0.25, 0.3) is 0 Å². The predicted molar refractivity (Wildman–Crippen MR) is 73.2 cm³/mol. The minimum atomic E-state index is -0.854. The van der Waals surface area contributed by atoms with Gasteiger partial charge in [0.2, 0.25) is 0 Å². The molecule has 3 N–H and O–H groups in total. The molecule has 0 saturated carbocycles. The lowest BCUT2D eigenvalue weighted by molar-refractivity contribution is -0.147. The largest absolute Gasteiger partial charge is 0.481 e. The van der Waals surface area contributed by atoms with Gasteiger partial charge in [0, 0.05) is 26.8 Å². The Morgan fingerprint density at radius 3 is 2.32 bits per heavy atom. The van der Waals surface area contributed by atoms with Crippen LogP contribution in [0.2, 0.25) is 0 Å². The number of carbonyl (C=O) groups excluding carboxylic acids is 1. The zero-order valence-electron chi connectivity index (χ0n) is 12.1. The number of methoxy groups -OCH3 is 1. The van der Waals surface area contributed by atoms with E-state index in [4.69, 9.17) is 9.84 Å². The van der Waals surface area contributed by atoms with Gasteiger partial charge in [0.05, 0.1) is 5.41 Å². The van der Waals surface area contributed by atoms with Crippen LogP contribution in [-0.4, -0.2) is 43.9 Å². The highest BCUT2D eigenvalue weighted by Gasteiger charge is 2.26. The van der Waals surface area contributed by atoms with E-state index in [0.29, 0.717) is 19.5 Å². The molecule has 0 atom stereocenters. The van der Waals surface area contributed by atoms with Gasteiger partial charge in [-0.1, -0.05) is 0 Å². The third-order valence-corrected chi connectivity index (χ3v) is 2.93. The Labute approximate surface area is 114 Å². The quantitative estimate of drug-likeness (QED) is 0.528. The topological polar surface area (TPSA) is 87.7 Å². The summed E-state index contributed by atoms with van der Waals surface area (Å²) in [7, 11) is 1.67. The smallest absolute Gasteiger partial charge is 0.314 e. The third kappa shape index (κ3) is 9.30. The average molecular weight is 274 g/mol. The number of urea groups is 1. The Kier molecular flexibility index (Phi) is 8.95. The number of carbonyl (C=O) groups is 2. The minimum absolute atomic E-state index is 0.243. The predicted octanol–water partition coefficient (Wildman–Crippen LogP) is 1.60. The standard InChI is InChI=1S/C13H26N2O4/c1-13(2,11(16)17)7-9-15-12(18)14-8-5-4-6-10-19-3/h4-10H2,1-3H3,(H,16,17)(H2,14,15,18). The molecule has 2 amide bonds. The van der Waals surface area contributed by atoms with Crippen LogP contribution in [-0.2, 0) is 9.53 Å². The Hall–Kier alpha value is -1.30. The maximum Gasteiger partial charge on any atom is 0.314 e. The Morgan fingerprint density at radius 2 is 1.74 bits per heavy atom. The summed E-state index contributed by atoms with van der Waals surface area (Å²) in [5, 5.41) is 14.3. The summed E-state index contributed by atoms with van der Waals surface area (Å²) in [5.74, 6) is -0.854. The van der Waals surface area contributed by atoms with Gasteiger partial charge in [-0.15, -0.1) is 0 Å². The van der Waals surface area contributed by atoms with Crippen LogP contribution in [0.25, 0.3) is 0 Å². The number of amides is 2. The van der Waals surface area contributed by atoms with Crippen LogP contribution >= 0.6 is 0 Å². The Balaban J connectivity index is 3.52. The summed E-state index contributed by atoms with van der Waals surface area (Å²) < 4.78 is 4.93. The average Bonchev–Trinajstić information content (AvgIpc) is 2.33. The highest BCUT2D eigenvalue weighted by atomic mass is 16.5. The first-order valence-electron chi connectivity index (χ1n) is 6.64. The van der Waals surface area contributed by atoms with Gasteiger partial charge >= 0.3 is 12.0 Å². The molecule has 6 nitrogen and oxygen atoms in total. The summed E-state index contributed by atoms with van der Waals surface area (Å²) in [6, 6.07) is -0.243. The van der Waals surface area contributed by atoms with Crippen molar-refractivity contribution in [1.82, 2.24) is 10.6 Å². The number of carboxylic acid groups (broad SMARTS) is 1. The highest BCUT2D eigenvalue weighted by Crippen LogP contribution is 2.19. The lowest BCUT2D eigenvalue weighted by Crippen LogP contribution is -2.38. The molecule has 0 unspecified atom stereocenters. The second-order valence-electron chi connectivity index (χ2n) is 5.18. The van der Waals surface area contributed by atoms with Gasteiger partial charge in [0.1, 0.15) is 0 Å². The molecule has 6 heteroatoms. The first-order chi connectivity index (χ1) is 8.90. The zero-order chi connectivity index (χ0) is 14.7. The first-order valence-corrected chi connectivity index (χ1v) is 6.64. The van der Waals surface area contributed by atoms with Crippen LogP contribution in [0, 0.1) is 5.41 Å². The molecule has 112 valence electrons. The zero-order valence-corrected chi connectivity index (χ0v) is 12.1.